The first-order valence-electron chi connectivity index (χ1n) is 12.5. The van der Waals surface area contributed by atoms with Gasteiger partial charge in [0.2, 0.25) is 0 Å². The quantitative estimate of drug-likeness (QED) is 0.288. The van der Waals surface area contributed by atoms with Crippen molar-refractivity contribution in [3.8, 4) is 11.3 Å². The number of para-hydroxylation sites is 1. The van der Waals surface area contributed by atoms with Crippen LogP contribution in [0.1, 0.15) is 24.0 Å². The van der Waals surface area contributed by atoms with Gasteiger partial charge in [0, 0.05) is 45.1 Å². The molecule has 0 atom stereocenters. The number of aryl methyl sites for hydroxylation is 1. The number of aromatic nitrogens is 1. The Hall–Kier alpha value is -3.37. The van der Waals surface area contributed by atoms with Gasteiger partial charge in [-0.2, -0.15) is 0 Å². The Morgan fingerprint density at radius 2 is 1.42 bits per heavy atom. The number of rotatable bonds is 7. The average molecular weight is 494 g/mol. The Kier molecular flexibility index (Phi) is 6.97. The van der Waals surface area contributed by atoms with E-state index in [0.717, 1.165) is 34.6 Å². The smallest absolute Gasteiger partial charge is 0.0568 e. The lowest BCUT2D eigenvalue weighted by atomic mass is 9.76. The molecule has 0 saturated heterocycles. The monoisotopic (exact) mass is 493 g/mol. The number of fused-ring (bicyclic) bond motifs is 1. The minimum Gasteiger partial charge on any atom is -0.343 e. The third-order valence-electron chi connectivity index (χ3n) is 7.25. The molecule has 3 nitrogen and oxygen atoms in total. The zero-order valence-corrected chi connectivity index (χ0v) is 21.4. The molecule has 0 fully saturated rings. The first kappa shape index (κ1) is 24.3. The van der Waals surface area contributed by atoms with Crippen LogP contribution in [0.3, 0.4) is 0 Å². The predicted molar refractivity (Wildman–Crippen MR) is 154 cm³/mol. The number of halogens is 1. The van der Waals surface area contributed by atoms with Crippen LogP contribution in [-0.4, -0.2) is 17.7 Å². The van der Waals surface area contributed by atoms with Crippen LogP contribution < -0.4 is 11.5 Å². The van der Waals surface area contributed by atoms with Gasteiger partial charge in [-0.25, -0.2) is 0 Å². The largest absolute Gasteiger partial charge is 0.343 e. The minimum atomic E-state index is -0.111. The molecule has 1 aromatic heterocycles. The number of nitrogens with zero attached hydrogens (tertiary/aromatic N) is 1. The summed E-state index contributed by atoms with van der Waals surface area (Å²) >= 11 is 6.88. The molecule has 4 heteroatoms. The van der Waals surface area contributed by atoms with E-state index in [-0.39, 0.29) is 5.41 Å². The third kappa shape index (κ3) is 4.35. The molecule has 0 aliphatic heterocycles. The van der Waals surface area contributed by atoms with Crippen LogP contribution in [0.4, 0.5) is 0 Å². The highest BCUT2D eigenvalue weighted by molar-refractivity contribution is 6.33. The summed E-state index contributed by atoms with van der Waals surface area (Å²) in [7, 11) is 2.14. The summed E-state index contributed by atoms with van der Waals surface area (Å²) in [5, 5.41) is 1.93. The molecule has 1 aliphatic rings. The molecule has 3 aromatic carbocycles. The summed E-state index contributed by atoms with van der Waals surface area (Å²) in [6, 6.07) is 27.3. The second-order valence-electron chi connectivity index (χ2n) is 9.45. The normalized spacial score (nSPS) is 14.5. The summed E-state index contributed by atoms with van der Waals surface area (Å²) in [5.41, 5.74) is 19.8. The number of hydrogen-bond donors (Lipinski definition) is 2. The highest BCUT2D eigenvalue weighted by atomic mass is 35.5. The van der Waals surface area contributed by atoms with E-state index in [4.69, 9.17) is 23.1 Å². The molecule has 0 spiro atoms. The maximum atomic E-state index is 6.88. The molecule has 0 saturated carbocycles. The van der Waals surface area contributed by atoms with Gasteiger partial charge in [-0.1, -0.05) is 103 Å². The van der Waals surface area contributed by atoms with Crippen LogP contribution in [0.25, 0.3) is 27.7 Å². The predicted octanol–water partition coefficient (Wildman–Crippen LogP) is 7.11. The van der Waals surface area contributed by atoms with E-state index in [1.165, 1.54) is 27.7 Å². The summed E-state index contributed by atoms with van der Waals surface area (Å²) < 4.78 is 2.29. The summed E-state index contributed by atoms with van der Waals surface area (Å²) in [6.07, 6.45) is 10.8. The van der Waals surface area contributed by atoms with E-state index in [0.29, 0.717) is 13.1 Å². The van der Waals surface area contributed by atoms with Crippen molar-refractivity contribution in [3.63, 3.8) is 0 Å². The van der Waals surface area contributed by atoms with Crippen molar-refractivity contribution in [1.29, 1.82) is 0 Å². The second kappa shape index (κ2) is 10.3. The molecule has 0 unspecified atom stereocenters. The third-order valence-corrected chi connectivity index (χ3v) is 7.57. The van der Waals surface area contributed by atoms with E-state index >= 15 is 0 Å². The highest BCUT2D eigenvalue weighted by Crippen LogP contribution is 2.45. The van der Waals surface area contributed by atoms with Gasteiger partial charge in [0.15, 0.2) is 0 Å². The van der Waals surface area contributed by atoms with Gasteiger partial charge in [0.05, 0.1) is 5.69 Å². The Bertz CT molecular complexity index is 1450. The van der Waals surface area contributed by atoms with Crippen molar-refractivity contribution in [2.75, 3.05) is 13.1 Å². The van der Waals surface area contributed by atoms with E-state index in [9.17, 15) is 0 Å². The molecule has 36 heavy (non-hydrogen) atoms. The van der Waals surface area contributed by atoms with Gasteiger partial charge in [-0.15, -0.1) is 0 Å². The van der Waals surface area contributed by atoms with E-state index < -0.39 is 0 Å². The van der Waals surface area contributed by atoms with Crippen molar-refractivity contribution in [2.45, 2.75) is 12.8 Å². The maximum absolute atomic E-state index is 6.88. The van der Waals surface area contributed by atoms with Crippen molar-refractivity contribution in [2.24, 2.45) is 23.9 Å². The van der Waals surface area contributed by atoms with Crippen LogP contribution in [0.5, 0.6) is 0 Å². The van der Waals surface area contributed by atoms with Crippen LogP contribution in [0.2, 0.25) is 5.02 Å². The van der Waals surface area contributed by atoms with Crippen molar-refractivity contribution >= 4 is 28.1 Å². The molecular weight excluding hydrogens is 462 g/mol. The Balaban J connectivity index is 1.85. The second-order valence-corrected chi connectivity index (χ2v) is 9.86. The number of benzene rings is 3. The Morgan fingerprint density at radius 3 is 2.08 bits per heavy atom. The number of nitrogens with two attached hydrogens (primary N) is 2. The van der Waals surface area contributed by atoms with Crippen LogP contribution in [0.15, 0.2) is 109 Å². The van der Waals surface area contributed by atoms with Gasteiger partial charge in [0.1, 0.15) is 0 Å². The van der Waals surface area contributed by atoms with Crippen molar-refractivity contribution in [1.82, 2.24) is 4.57 Å². The summed E-state index contributed by atoms with van der Waals surface area (Å²) in [5.74, 6) is 0. The van der Waals surface area contributed by atoms with Crippen molar-refractivity contribution < 1.29 is 0 Å². The van der Waals surface area contributed by atoms with E-state index in [2.05, 4.69) is 103 Å². The van der Waals surface area contributed by atoms with Gasteiger partial charge < -0.3 is 16.0 Å². The van der Waals surface area contributed by atoms with Gasteiger partial charge in [-0.05, 0) is 49.2 Å². The molecule has 0 bridgehead atoms. The Morgan fingerprint density at radius 1 is 0.806 bits per heavy atom. The summed E-state index contributed by atoms with van der Waals surface area (Å²) in [6.45, 7) is 1.24. The van der Waals surface area contributed by atoms with Crippen molar-refractivity contribution in [3.05, 3.63) is 125 Å². The summed E-state index contributed by atoms with van der Waals surface area (Å²) in [4.78, 5) is 0. The maximum Gasteiger partial charge on any atom is 0.0568 e. The highest BCUT2D eigenvalue weighted by Gasteiger charge is 2.28. The lowest BCUT2D eigenvalue weighted by Crippen LogP contribution is -2.24. The lowest BCUT2D eigenvalue weighted by Gasteiger charge is -2.29. The van der Waals surface area contributed by atoms with E-state index in [1.54, 1.807) is 0 Å². The molecule has 0 amide bonds. The first-order chi connectivity index (χ1) is 17.6. The number of hydrogen-bond acceptors (Lipinski definition) is 2. The fourth-order valence-corrected chi connectivity index (χ4v) is 5.69. The standard InChI is InChI=1S/C32H32ClN3/c1-36-28-14-8-6-12-26(28)30(31(36)24-9-3-2-4-10-24)29(25-11-5-7-13-27(25)33)23-15-17-32(18-16-23,19-21-34)20-22-35/h2-18H,19-22,34-35H2,1H3. The Labute approximate surface area is 218 Å². The molecule has 182 valence electrons. The first-order valence-corrected chi connectivity index (χ1v) is 12.9. The number of allylic oxidation sites excluding steroid dienone is 5. The van der Waals surface area contributed by atoms with Crippen LogP contribution >= 0.6 is 11.6 Å². The van der Waals surface area contributed by atoms with Gasteiger partial charge in [-0.3, -0.25) is 0 Å². The van der Waals surface area contributed by atoms with E-state index in [1.807, 2.05) is 12.1 Å². The van der Waals surface area contributed by atoms with Crippen LogP contribution in [-0.2, 0) is 7.05 Å². The molecular formula is C32H32ClN3. The zero-order chi connectivity index (χ0) is 25.1. The molecule has 5 rings (SSSR count). The fourth-order valence-electron chi connectivity index (χ4n) is 5.46. The molecule has 0 radical (unpaired) electrons. The lowest BCUT2D eigenvalue weighted by molar-refractivity contribution is 0.424. The average Bonchev–Trinajstić information content (AvgIpc) is 3.19. The van der Waals surface area contributed by atoms with Crippen LogP contribution in [0, 0.1) is 5.41 Å². The molecule has 4 N–H and O–H groups in total. The molecule has 1 heterocycles. The SMILES string of the molecule is Cn1c(-c2ccccc2)c(C(=C2C=CC(CCN)(CCN)C=C2)c2ccccc2Cl)c2ccccc21. The van der Waals surface area contributed by atoms with Gasteiger partial charge in [0.25, 0.3) is 0 Å². The topological polar surface area (TPSA) is 57.0 Å². The molecule has 4 aromatic rings. The van der Waals surface area contributed by atoms with Gasteiger partial charge >= 0.3 is 0 Å². The minimum absolute atomic E-state index is 0.111. The molecule has 1 aliphatic carbocycles. The zero-order valence-electron chi connectivity index (χ0n) is 20.6. The fraction of sp³-hybridized carbons (Fsp3) is 0.188.